The Kier molecular flexibility index (Phi) is 1.59. The van der Waals surface area contributed by atoms with Gasteiger partial charge in [-0.2, -0.15) is 4.89 Å². The molecule has 1 aliphatic heterocycles. The maximum Gasteiger partial charge on any atom is 0.146 e. The first-order valence-electron chi connectivity index (χ1n) is 1.99. The van der Waals surface area contributed by atoms with Gasteiger partial charge in [0, 0.05) is 0 Å². The summed E-state index contributed by atoms with van der Waals surface area (Å²) in [5.74, 6) is 0. The van der Waals surface area contributed by atoms with Crippen LogP contribution in [0.25, 0.3) is 0 Å². The second-order valence-electron chi connectivity index (χ2n) is 1.25. The molecule has 0 spiro atoms. The van der Waals surface area contributed by atoms with Crippen LogP contribution >= 0.6 is 0 Å². The van der Waals surface area contributed by atoms with E-state index in [1.807, 2.05) is 0 Å². The Morgan fingerprint density at radius 2 is 2.57 bits per heavy atom. The molecule has 7 heavy (non-hydrogen) atoms. The van der Waals surface area contributed by atoms with Gasteiger partial charge in [0.05, 0.1) is 6.61 Å². The van der Waals surface area contributed by atoms with Gasteiger partial charge in [-0.3, -0.25) is 0 Å². The van der Waals surface area contributed by atoms with E-state index in [1.165, 1.54) is 0 Å². The van der Waals surface area contributed by atoms with Crippen LogP contribution in [0, 0.1) is 0 Å². The van der Waals surface area contributed by atoms with Crippen LogP contribution in [-0.2, 0) is 14.8 Å². The Bertz CT molecular complexity index is 48.9. The number of hydrogen-bond acceptors (Lipinski definition) is 4. The van der Waals surface area contributed by atoms with Crippen molar-refractivity contribution in [2.75, 3.05) is 13.2 Å². The molecule has 1 aliphatic rings. The van der Waals surface area contributed by atoms with Gasteiger partial charge in [-0.25, -0.2) is 4.89 Å². The van der Waals surface area contributed by atoms with E-state index in [1.54, 1.807) is 0 Å². The number of rotatable bonds is 1. The second-order valence-corrected chi connectivity index (χ2v) is 1.25. The molecule has 0 aliphatic carbocycles. The van der Waals surface area contributed by atoms with E-state index >= 15 is 0 Å². The summed E-state index contributed by atoms with van der Waals surface area (Å²) in [5, 5.41) is 12.3. The Balaban J connectivity index is 2.14. The minimum absolute atomic E-state index is 0.0556. The van der Waals surface area contributed by atoms with Gasteiger partial charge in [0.15, 0.2) is 0 Å². The largest absolute Gasteiger partial charge is 0.393 e. The van der Waals surface area contributed by atoms with Crippen LogP contribution in [0.4, 0.5) is 0 Å². The van der Waals surface area contributed by atoms with Gasteiger partial charge in [-0.15, -0.1) is 0 Å². The molecule has 0 aromatic rings. The molecular weight excluding hydrogens is 100 g/mol. The minimum atomic E-state index is -0.292. The van der Waals surface area contributed by atoms with E-state index in [4.69, 9.17) is 5.11 Å². The smallest absolute Gasteiger partial charge is 0.146 e. The van der Waals surface area contributed by atoms with Crippen molar-refractivity contribution in [1.82, 2.24) is 0 Å². The zero-order valence-electron chi connectivity index (χ0n) is 3.66. The fourth-order valence-corrected chi connectivity index (χ4v) is 0.298. The highest BCUT2D eigenvalue weighted by molar-refractivity contribution is 4.49. The molecule has 0 saturated carbocycles. The first-order valence-corrected chi connectivity index (χ1v) is 1.99. The molecule has 1 heterocycles. The number of aliphatic hydroxyl groups is 1. The van der Waals surface area contributed by atoms with Crippen molar-refractivity contribution in [2.45, 2.75) is 6.10 Å². The van der Waals surface area contributed by atoms with Crippen molar-refractivity contribution in [2.24, 2.45) is 0 Å². The molecule has 4 heteroatoms. The van der Waals surface area contributed by atoms with E-state index in [9.17, 15) is 0 Å². The monoisotopic (exact) mass is 106 g/mol. The highest BCUT2D eigenvalue weighted by Gasteiger charge is 2.16. The van der Waals surface area contributed by atoms with Crippen molar-refractivity contribution >= 4 is 0 Å². The third kappa shape index (κ3) is 1.10. The van der Waals surface area contributed by atoms with Gasteiger partial charge >= 0.3 is 0 Å². The zero-order chi connectivity index (χ0) is 5.11. The lowest BCUT2D eigenvalue weighted by atomic mass is 10.4. The topological polar surface area (TPSA) is 47.9 Å². The van der Waals surface area contributed by atoms with E-state index in [2.05, 4.69) is 14.8 Å². The highest BCUT2D eigenvalue weighted by atomic mass is 17.5. The number of hydrogen-bond donors (Lipinski definition) is 1. The molecule has 0 amide bonds. The summed E-state index contributed by atoms with van der Waals surface area (Å²) in [6.45, 7) is 0.260. The van der Waals surface area contributed by atoms with E-state index in [0.717, 1.165) is 0 Å². The summed E-state index contributed by atoms with van der Waals surface area (Å²) in [5.41, 5.74) is 0. The van der Waals surface area contributed by atoms with Crippen LogP contribution in [0.1, 0.15) is 0 Å². The highest BCUT2D eigenvalue weighted by Crippen LogP contribution is 2.01. The maximum atomic E-state index is 8.28. The van der Waals surface area contributed by atoms with Crippen molar-refractivity contribution in [1.29, 1.82) is 0 Å². The predicted molar refractivity (Wildman–Crippen MR) is 19.0 cm³/mol. The lowest BCUT2D eigenvalue weighted by molar-refractivity contribution is -0.460. The van der Waals surface area contributed by atoms with Gasteiger partial charge < -0.3 is 5.11 Å². The quantitative estimate of drug-likeness (QED) is 0.446. The van der Waals surface area contributed by atoms with E-state index in [-0.39, 0.29) is 12.7 Å². The van der Waals surface area contributed by atoms with Gasteiger partial charge in [-0.05, 0) is 0 Å². The maximum absolute atomic E-state index is 8.28. The van der Waals surface area contributed by atoms with Crippen LogP contribution in [-0.4, -0.2) is 24.4 Å². The number of aliphatic hydroxyl groups excluding tert-OH is 1. The average molecular weight is 106 g/mol. The fraction of sp³-hybridized carbons (Fsp3) is 1.00. The molecule has 0 aromatic carbocycles. The van der Waals surface area contributed by atoms with Crippen LogP contribution < -0.4 is 0 Å². The van der Waals surface area contributed by atoms with Crippen molar-refractivity contribution < 1.29 is 19.9 Å². The molecule has 1 rings (SSSR count). The lowest BCUT2D eigenvalue weighted by Crippen LogP contribution is -2.13. The Hall–Kier alpha value is -0.160. The molecule has 0 bridgehead atoms. The first-order chi connectivity index (χ1) is 3.43. The van der Waals surface area contributed by atoms with Crippen LogP contribution in [0.15, 0.2) is 0 Å². The van der Waals surface area contributed by atoms with Gasteiger partial charge in [0.2, 0.25) is 0 Å². The standard InChI is InChI=1S/C3H6O4/c4-1-3-2-5-7-6-3/h3-4H,1-2H2/t3-/m1/s1. The summed E-state index contributed by atoms with van der Waals surface area (Å²) in [7, 11) is 0. The Morgan fingerprint density at radius 1 is 1.71 bits per heavy atom. The Morgan fingerprint density at radius 3 is 2.86 bits per heavy atom. The SMILES string of the molecule is OC[C@@H]1COOO1. The first kappa shape index (κ1) is 4.99. The Labute approximate surface area is 40.5 Å². The van der Waals surface area contributed by atoms with Crippen LogP contribution in [0.3, 0.4) is 0 Å². The van der Waals surface area contributed by atoms with Gasteiger partial charge in [0.25, 0.3) is 0 Å². The second kappa shape index (κ2) is 2.23. The molecule has 42 valence electrons. The minimum Gasteiger partial charge on any atom is -0.393 e. The molecular formula is C3H6O4. The summed E-state index contributed by atoms with van der Waals surface area (Å²) in [4.78, 5) is 8.60. The van der Waals surface area contributed by atoms with Gasteiger partial charge in [0.1, 0.15) is 12.7 Å². The predicted octanol–water partition coefficient (Wildman–Crippen LogP) is -0.759. The van der Waals surface area contributed by atoms with Crippen LogP contribution in [0.2, 0.25) is 0 Å². The normalized spacial score (nSPS) is 31.3. The molecule has 1 N–H and O–H groups in total. The third-order valence-electron chi connectivity index (χ3n) is 0.681. The van der Waals surface area contributed by atoms with Crippen molar-refractivity contribution in [3.05, 3.63) is 0 Å². The van der Waals surface area contributed by atoms with Gasteiger partial charge in [-0.1, -0.05) is 5.04 Å². The molecule has 0 unspecified atom stereocenters. The molecule has 1 saturated heterocycles. The fourth-order valence-electron chi connectivity index (χ4n) is 0.298. The van der Waals surface area contributed by atoms with Crippen molar-refractivity contribution in [3.63, 3.8) is 0 Å². The third-order valence-corrected chi connectivity index (χ3v) is 0.681. The molecule has 0 radical (unpaired) electrons. The summed E-state index contributed by atoms with van der Waals surface area (Å²) in [6.07, 6.45) is -0.292. The summed E-state index contributed by atoms with van der Waals surface area (Å²) < 4.78 is 0. The summed E-state index contributed by atoms with van der Waals surface area (Å²) in [6, 6.07) is 0. The molecule has 4 nitrogen and oxygen atoms in total. The summed E-state index contributed by atoms with van der Waals surface area (Å²) >= 11 is 0. The van der Waals surface area contributed by atoms with Crippen molar-refractivity contribution in [3.8, 4) is 0 Å². The zero-order valence-corrected chi connectivity index (χ0v) is 3.66. The van der Waals surface area contributed by atoms with Crippen LogP contribution in [0.5, 0.6) is 0 Å². The van der Waals surface area contributed by atoms with E-state index < -0.39 is 0 Å². The molecule has 0 aromatic heterocycles. The van der Waals surface area contributed by atoms with E-state index in [0.29, 0.717) is 6.61 Å². The average Bonchev–Trinajstić information content (AvgIpc) is 2.14. The molecule has 1 atom stereocenters. The molecule has 1 fully saturated rings. The lowest BCUT2D eigenvalue weighted by Gasteiger charge is -1.93.